The fraction of sp³-hybridized carbons (Fsp3) is 0.391. The molecule has 1 N–H and O–H groups in total. The molecule has 0 atom stereocenters. The van der Waals surface area contributed by atoms with E-state index in [1.165, 1.54) is 4.31 Å². The molecule has 1 fully saturated rings. The van der Waals surface area contributed by atoms with Crippen LogP contribution in [0.3, 0.4) is 0 Å². The van der Waals surface area contributed by atoms with E-state index in [4.69, 9.17) is 0 Å². The molecule has 1 heterocycles. The number of piperazine rings is 1. The van der Waals surface area contributed by atoms with Crippen LogP contribution in [-0.2, 0) is 14.8 Å². The zero-order valence-electron chi connectivity index (χ0n) is 18.4. The molecule has 31 heavy (non-hydrogen) atoms. The third-order valence-electron chi connectivity index (χ3n) is 5.72. The number of amides is 2. The van der Waals surface area contributed by atoms with Crippen LogP contribution in [0, 0.1) is 27.7 Å². The molecular formula is C23H29N3O4S. The van der Waals surface area contributed by atoms with E-state index in [9.17, 15) is 18.0 Å². The molecule has 0 bridgehead atoms. The third kappa shape index (κ3) is 5.14. The second kappa shape index (κ2) is 9.20. The highest BCUT2D eigenvalue weighted by molar-refractivity contribution is 7.89. The molecule has 166 valence electrons. The molecule has 0 aromatic heterocycles. The van der Waals surface area contributed by atoms with E-state index < -0.39 is 10.0 Å². The summed E-state index contributed by atoms with van der Waals surface area (Å²) in [5.74, 6) is -0.520. The van der Waals surface area contributed by atoms with Crippen molar-refractivity contribution in [2.45, 2.75) is 32.6 Å². The maximum Gasteiger partial charge on any atom is 0.251 e. The molecule has 2 amide bonds. The van der Waals surface area contributed by atoms with Crippen molar-refractivity contribution < 1.29 is 18.0 Å². The van der Waals surface area contributed by atoms with Crippen LogP contribution in [0.2, 0.25) is 0 Å². The number of hydrogen-bond acceptors (Lipinski definition) is 4. The number of sulfonamides is 1. The highest BCUT2D eigenvalue weighted by atomic mass is 32.2. The van der Waals surface area contributed by atoms with Crippen molar-refractivity contribution in [3.8, 4) is 0 Å². The number of aryl methyl sites for hydroxylation is 4. The summed E-state index contributed by atoms with van der Waals surface area (Å²) in [6.45, 7) is 8.48. The molecule has 2 aromatic carbocycles. The van der Waals surface area contributed by atoms with E-state index in [2.05, 4.69) is 5.32 Å². The van der Waals surface area contributed by atoms with Crippen molar-refractivity contribution in [3.63, 3.8) is 0 Å². The van der Waals surface area contributed by atoms with E-state index in [0.717, 1.165) is 16.7 Å². The SMILES string of the molecule is Cc1ccc(C)c(S(=O)(=O)N2CCN(C(=O)CNC(=O)c3ccc(C)c(C)c3)CC2)c1. The second-order valence-corrected chi connectivity index (χ2v) is 9.94. The molecule has 0 unspecified atom stereocenters. The van der Waals surface area contributed by atoms with Crippen molar-refractivity contribution in [2.24, 2.45) is 0 Å². The summed E-state index contributed by atoms with van der Waals surface area (Å²) in [7, 11) is -3.61. The number of carbonyl (C=O) groups is 2. The Balaban J connectivity index is 1.56. The van der Waals surface area contributed by atoms with Crippen LogP contribution in [0.1, 0.15) is 32.6 Å². The molecule has 0 aliphatic carbocycles. The third-order valence-corrected chi connectivity index (χ3v) is 7.76. The van der Waals surface area contributed by atoms with Gasteiger partial charge in [-0.3, -0.25) is 9.59 Å². The quantitative estimate of drug-likeness (QED) is 0.767. The summed E-state index contributed by atoms with van der Waals surface area (Å²) in [5.41, 5.74) is 4.22. The molecule has 1 saturated heterocycles. The first-order valence-corrected chi connectivity index (χ1v) is 11.7. The lowest BCUT2D eigenvalue weighted by Crippen LogP contribution is -2.52. The molecule has 3 rings (SSSR count). The first-order valence-electron chi connectivity index (χ1n) is 10.3. The van der Waals surface area contributed by atoms with Gasteiger partial charge in [-0.15, -0.1) is 0 Å². The van der Waals surface area contributed by atoms with Gasteiger partial charge in [-0.1, -0.05) is 18.2 Å². The minimum atomic E-state index is -3.61. The largest absolute Gasteiger partial charge is 0.343 e. The lowest BCUT2D eigenvalue weighted by atomic mass is 10.1. The number of rotatable bonds is 5. The van der Waals surface area contributed by atoms with Crippen molar-refractivity contribution >= 4 is 21.8 Å². The van der Waals surface area contributed by atoms with Crippen molar-refractivity contribution in [2.75, 3.05) is 32.7 Å². The Morgan fingerprint density at radius 3 is 2.16 bits per heavy atom. The Bertz CT molecular complexity index is 1100. The van der Waals surface area contributed by atoms with Gasteiger partial charge in [0.2, 0.25) is 15.9 Å². The predicted molar refractivity (Wildman–Crippen MR) is 120 cm³/mol. The Morgan fingerprint density at radius 2 is 1.52 bits per heavy atom. The van der Waals surface area contributed by atoms with Gasteiger partial charge in [-0.2, -0.15) is 4.31 Å². The Morgan fingerprint density at radius 1 is 0.871 bits per heavy atom. The second-order valence-electron chi connectivity index (χ2n) is 8.04. The van der Waals surface area contributed by atoms with E-state index in [-0.39, 0.29) is 31.4 Å². The summed E-state index contributed by atoms with van der Waals surface area (Å²) in [6.07, 6.45) is 0. The van der Waals surface area contributed by atoms with Crippen LogP contribution in [0.15, 0.2) is 41.3 Å². The number of nitrogens with zero attached hydrogens (tertiary/aromatic N) is 2. The van der Waals surface area contributed by atoms with Crippen molar-refractivity contribution in [3.05, 3.63) is 64.2 Å². The number of nitrogens with one attached hydrogen (secondary N) is 1. The van der Waals surface area contributed by atoms with E-state index in [0.29, 0.717) is 29.1 Å². The Hall–Kier alpha value is -2.71. The van der Waals surface area contributed by atoms with Crippen LogP contribution >= 0.6 is 0 Å². The molecular weight excluding hydrogens is 414 g/mol. The topological polar surface area (TPSA) is 86.8 Å². The van der Waals surface area contributed by atoms with Gasteiger partial charge in [-0.25, -0.2) is 8.42 Å². The molecule has 1 aliphatic rings. The van der Waals surface area contributed by atoms with Gasteiger partial charge in [0.05, 0.1) is 11.4 Å². The molecule has 2 aromatic rings. The number of carbonyl (C=O) groups excluding carboxylic acids is 2. The van der Waals surface area contributed by atoms with Gasteiger partial charge in [-0.05, 0) is 68.1 Å². The lowest BCUT2D eigenvalue weighted by Gasteiger charge is -2.34. The summed E-state index contributed by atoms with van der Waals surface area (Å²) in [6, 6.07) is 10.8. The van der Waals surface area contributed by atoms with E-state index in [1.54, 1.807) is 36.1 Å². The van der Waals surface area contributed by atoms with Crippen LogP contribution in [0.5, 0.6) is 0 Å². The molecule has 1 aliphatic heterocycles. The van der Waals surface area contributed by atoms with Gasteiger partial charge in [0, 0.05) is 31.7 Å². The fourth-order valence-corrected chi connectivity index (χ4v) is 5.29. The molecule has 7 nitrogen and oxygen atoms in total. The average molecular weight is 444 g/mol. The van der Waals surface area contributed by atoms with Crippen LogP contribution in [-0.4, -0.2) is 62.2 Å². The zero-order valence-corrected chi connectivity index (χ0v) is 19.3. The lowest BCUT2D eigenvalue weighted by molar-refractivity contribution is -0.131. The first kappa shape index (κ1) is 23.0. The van der Waals surface area contributed by atoms with Gasteiger partial charge >= 0.3 is 0 Å². The standard InChI is InChI=1S/C23H29N3O4S/c1-16-5-6-18(3)21(13-16)31(29,30)26-11-9-25(10-12-26)22(27)15-24-23(28)20-8-7-17(2)19(4)14-20/h5-8,13-14H,9-12,15H2,1-4H3,(H,24,28). The smallest absolute Gasteiger partial charge is 0.251 e. The van der Waals surface area contributed by atoms with Crippen LogP contribution in [0.4, 0.5) is 0 Å². The monoisotopic (exact) mass is 443 g/mol. The van der Waals surface area contributed by atoms with Crippen molar-refractivity contribution in [1.29, 1.82) is 0 Å². The zero-order chi connectivity index (χ0) is 22.8. The fourth-order valence-electron chi connectivity index (χ4n) is 3.55. The van der Waals surface area contributed by atoms with Crippen LogP contribution < -0.4 is 5.32 Å². The molecule has 0 saturated carbocycles. The highest BCUT2D eigenvalue weighted by Gasteiger charge is 2.31. The first-order chi connectivity index (χ1) is 14.6. The average Bonchev–Trinajstić information content (AvgIpc) is 2.75. The van der Waals surface area contributed by atoms with Gasteiger partial charge in [0.15, 0.2) is 0 Å². The minimum Gasteiger partial charge on any atom is -0.343 e. The Labute approximate surface area is 184 Å². The van der Waals surface area contributed by atoms with E-state index >= 15 is 0 Å². The number of benzene rings is 2. The normalized spacial score (nSPS) is 15.0. The molecule has 0 spiro atoms. The Kier molecular flexibility index (Phi) is 6.81. The van der Waals surface area contributed by atoms with Gasteiger partial charge in [0.25, 0.3) is 5.91 Å². The maximum absolute atomic E-state index is 13.0. The van der Waals surface area contributed by atoms with Crippen molar-refractivity contribution in [1.82, 2.24) is 14.5 Å². The summed E-state index contributed by atoms with van der Waals surface area (Å²) in [4.78, 5) is 26.8. The summed E-state index contributed by atoms with van der Waals surface area (Å²) in [5, 5.41) is 2.66. The highest BCUT2D eigenvalue weighted by Crippen LogP contribution is 2.22. The summed E-state index contributed by atoms with van der Waals surface area (Å²) >= 11 is 0. The van der Waals surface area contributed by atoms with Gasteiger partial charge in [0.1, 0.15) is 0 Å². The minimum absolute atomic E-state index is 0.116. The predicted octanol–water partition coefficient (Wildman–Crippen LogP) is 2.18. The maximum atomic E-state index is 13.0. The molecule has 8 heteroatoms. The van der Waals surface area contributed by atoms with E-state index in [1.807, 2.05) is 32.9 Å². The van der Waals surface area contributed by atoms with Crippen LogP contribution in [0.25, 0.3) is 0 Å². The molecule has 0 radical (unpaired) electrons. The number of hydrogen-bond donors (Lipinski definition) is 1. The summed E-state index contributed by atoms with van der Waals surface area (Å²) < 4.78 is 27.5. The van der Waals surface area contributed by atoms with Gasteiger partial charge < -0.3 is 10.2 Å².